The van der Waals surface area contributed by atoms with E-state index in [-0.39, 0.29) is 36.5 Å². The molecule has 1 aliphatic rings. The average Bonchev–Trinajstić information content (AvgIpc) is 3.00. The van der Waals surface area contributed by atoms with Crippen molar-refractivity contribution in [2.24, 2.45) is 5.92 Å². The van der Waals surface area contributed by atoms with Gasteiger partial charge in [0.05, 0.1) is 17.2 Å². The van der Waals surface area contributed by atoms with Crippen LogP contribution < -0.4 is 20.1 Å². The first kappa shape index (κ1) is 22.9. The van der Waals surface area contributed by atoms with E-state index in [0.717, 1.165) is 30.6 Å². The van der Waals surface area contributed by atoms with Crippen LogP contribution in [-0.2, 0) is 20.9 Å². The summed E-state index contributed by atoms with van der Waals surface area (Å²) >= 11 is 1.09. The number of hydrogen-bond donors (Lipinski definition) is 1. The Balaban J connectivity index is 1.94. The van der Waals surface area contributed by atoms with Crippen LogP contribution in [-0.4, -0.2) is 29.1 Å². The Hall–Kier alpha value is -2.74. The third kappa shape index (κ3) is 6.13. The highest BCUT2D eigenvalue weighted by Crippen LogP contribution is 2.23. The normalized spacial score (nSPS) is 20.0. The van der Waals surface area contributed by atoms with Gasteiger partial charge in [0.2, 0.25) is 5.91 Å². The van der Waals surface area contributed by atoms with Crippen LogP contribution in [0, 0.1) is 11.7 Å². The molecule has 3 rings (SSSR count). The number of thiazole rings is 1. The second-order valence-electron chi connectivity index (χ2n) is 7.72. The summed E-state index contributed by atoms with van der Waals surface area (Å²) in [4.78, 5) is 37.7. The molecule has 1 saturated carbocycles. The Labute approximate surface area is 184 Å². The molecule has 1 N–H and O–H groups in total. The number of halogens is 1. The van der Waals surface area contributed by atoms with Crippen LogP contribution in [0.3, 0.4) is 0 Å². The van der Waals surface area contributed by atoms with E-state index in [1.54, 1.807) is 25.1 Å². The molecular formula is C23H27FN2O4S. The predicted octanol–water partition coefficient (Wildman–Crippen LogP) is 1.92. The van der Waals surface area contributed by atoms with Gasteiger partial charge in [0, 0.05) is 6.04 Å². The maximum Gasteiger partial charge on any atom is 0.333 e. The number of esters is 1. The quantitative estimate of drug-likeness (QED) is 0.688. The topological polar surface area (TPSA) is 77.4 Å². The van der Waals surface area contributed by atoms with E-state index in [0.29, 0.717) is 20.7 Å². The van der Waals surface area contributed by atoms with Gasteiger partial charge in [-0.1, -0.05) is 31.9 Å². The molecule has 1 aliphatic carbocycles. The molecule has 1 fully saturated rings. The van der Waals surface area contributed by atoms with Crippen molar-refractivity contribution in [3.8, 4) is 0 Å². The summed E-state index contributed by atoms with van der Waals surface area (Å²) in [6.45, 7) is 3.84. The third-order valence-corrected chi connectivity index (χ3v) is 6.45. The lowest BCUT2D eigenvalue weighted by atomic mass is 9.86. The second kappa shape index (κ2) is 10.5. The molecule has 0 bridgehead atoms. The molecule has 0 unspecified atom stereocenters. The lowest BCUT2D eigenvalue weighted by Gasteiger charge is -2.29. The highest BCUT2D eigenvalue weighted by atomic mass is 32.1. The van der Waals surface area contributed by atoms with Crippen molar-refractivity contribution in [1.29, 1.82) is 0 Å². The zero-order chi connectivity index (χ0) is 22.4. The Bertz CT molecular complexity index is 1100. The largest absolute Gasteiger partial charge is 0.463 e. The van der Waals surface area contributed by atoms with Crippen molar-refractivity contribution >= 4 is 35.4 Å². The number of benzene rings is 1. The third-order valence-electron chi connectivity index (χ3n) is 5.39. The number of rotatable bonds is 6. The molecule has 8 heteroatoms. The van der Waals surface area contributed by atoms with E-state index in [1.165, 1.54) is 29.2 Å². The number of carbonyl (C=O) groups excluding carboxylic acids is 2. The number of ether oxygens (including phenoxy) is 1. The number of carbonyl (C=O) groups is 2. The SMILES string of the molecule is CCOC(=O)/C=c1\s/c(=C\c2ccc(F)cc2)c(=O)n1CC(=O)N[C@@H]1CCCC[C@@H]1C. The van der Waals surface area contributed by atoms with Crippen molar-refractivity contribution in [2.45, 2.75) is 52.1 Å². The van der Waals surface area contributed by atoms with Gasteiger partial charge in [-0.05, 0) is 49.5 Å². The molecule has 1 aromatic heterocycles. The van der Waals surface area contributed by atoms with Gasteiger partial charge < -0.3 is 10.1 Å². The van der Waals surface area contributed by atoms with Crippen molar-refractivity contribution in [3.63, 3.8) is 0 Å². The predicted molar refractivity (Wildman–Crippen MR) is 118 cm³/mol. The Kier molecular flexibility index (Phi) is 7.79. The minimum atomic E-state index is -0.577. The van der Waals surface area contributed by atoms with E-state index >= 15 is 0 Å². The summed E-state index contributed by atoms with van der Waals surface area (Å²) in [6, 6.07) is 5.83. The first-order valence-corrected chi connectivity index (χ1v) is 11.3. The maximum atomic E-state index is 13.2. The summed E-state index contributed by atoms with van der Waals surface area (Å²) in [5, 5.41) is 3.04. The van der Waals surface area contributed by atoms with Crippen molar-refractivity contribution in [3.05, 3.63) is 55.2 Å². The number of nitrogens with zero attached hydrogens (tertiary/aromatic N) is 1. The summed E-state index contributed by atoms with van der Waals surface area (Å²) in [5.74, 6) is -0.812. The molecule has 1 amide bonds. The van der Waals surface area contributed by atoms with Crippen LogP contribution in [0.4, 0.5) is 4.39 Å². The standard InChI is InChI=1S/C23H27FN2O4S/c1-3-30-22(28)13-21-26(14-20(27)25-18-7-5-4-6-15(18)2)23(29)19(31-21)12-16-8-10-17(24)11-9-16/h8-13,15,18H,3-7,14H2,1-2H3,(H,25,27)/b19-12-,21-13-/t15-,18+/m0/s1. The van der Waals surface area contributed by atoms with Crippen LogP contribution in [0.1, 0.15) is 45.1 Å². The van der Waals surface area contributed by atoms with E-state index in [2.05, 4.69) is 12.2 Å². The maximum absolute atomic E-state index is 13.2. The highest BCUT2D eigenvalue weighted by Gasteiger charge is 2.23. The molecule has 0 radical (unpaired) electrons. The summed E-state index contributed by atoms with van der Waals surface area (Å²) in [7, 11) is 0. The number of amides is 1. The zero-order valence-corrected chi connectivity index (χ0v) is 18.5. The Morgan fingerprint density at radius 3 is 2.65 bits per heavy atom. The van der Waals surface area contributed by atoms with Crippen molar-refractivity contribution in [2.75, 3.05) is 6.61 Å². The Morgan fingerprint density at radius 1 is 1.26 bits per heavy atom. The fourth-order valence-electron chi connectivity index (χ4n) is 3.71. The highest BCUT2D eigenvalue weighted by molar-refractivity contribution is 7.07. The lowest BCUT2D eigenvalue weighted by Crippen LogP contribution is -2.45. The average molecular weight is 447 g/mol. The van der Waals surface area contributed by atoms with Gasteiger partial charge in [0.15, 0.2) is 0 Å². The van der Waals surface area contributed by atoms with E-state index in [4.69, 9.17) is 4.74 Å². The molecule has 0 aliphatic heterocycles. The van der Waals surface area contributed by atoms with Gasteiger partial charge >= 0.3 is 5.97 Å². The van der Waals surface area contributed by atoms with Crippen LogP contribution in [0.15, 0.2) is 29.1 Å². The van der Waals surface area contributed by atoms with E-state index in [1.807, 2.05) is 0 Å². The molecule has 6 nitrogen and oxygen atoms in total. The number of nitrogens with one attached hydrogen (secondary N) is 1. The van der Waals surface area contributed by atoms with Gasteiger partial charge in [-0.2, -0.15) is 0 Å². The first-order chi connectivity index (χ1) is 14.9. The zero-order valence-electron chi connectivity index (χ0n) is 17.7. The van der Waals surface area contributed by atoms with Gasteiger partial charge in [0.25, 0.3) is 5.56 Å². The van der Waals surface area contributed by atoms with Gasteiger partial charge in [-0.25, -0.2) is 9.18 Å². The van der Waals surface area contributed by atoms with E-state index in [9.17, 15) is 18.8 Å². The van der Waals surface area contributed by atoms with Crippen LogP contribution in [0.25, 0.3) is 12.2 Å². The Morgan fingerprint density at radius 2 is 1.97 bits per heavy atom. The molecule has 166 valence electrons. The minimum absolute atomic E-state index is 0.0957. The first-order valence-electron chi connectivity index (χ1n) is 10.5. The second-order valence-corrected chi connectivity index (χ2v) is 8.79. The number of aromatic nitrogens is 1. The van der Waals surface area contributed by atoms with Crippen LogP contribution in [0.5, 0.6) is 0 Å². The minimum Gasteiger partial charge on any atom is -0.463 e. The van der Waals surface area contributed by atoms with Crippen LogP contribution in [0.2, 0.25) is 0 Å². The van der Waals surface area contributed by atoms with Crippen LogP contribution >= 0.6 is 11.3 Å². The molecule has 0 spiro atoms. The van der Waals surface area contributed by atoms with Gasteiger partial charge in [-0.3, -0.25) is 14.2 Å². The molecule has 2 aromatic rings. The lowest BCUT2D eigenvalue weighted by molar-refractivity contribution is -0.135. The number of hydrogen-bond acceptors (Lipinski definition) is 5. The summed E-state index contributed by atoms with van der Waals surface area (Å²) < 4.78 is 20.1. The molecule has 2 atom stereocenters. The van der Waals surface area contributed by atoms with Crippen molar-refractivity contribution in [1.82, 2.24) is 9.88 Å². The van der Waals surface area contributed by atoms with Gasteiger partial charge in [0.1, 0.15) is 17.0 Å². The molecule has 31 heavy (non-hydrogen) atoms. The monoisotopic (exact) mass is 446 g/mol. The van der Waals surface area contributed by atoms with E-state index < -0.39 is 5.97 Å². The molecule has 0 saturated heterocycles. The smallest absolute Gasteiger partial charge is 0.333 e. The fraction of sp³-hybridized carbons (Fsp3) is 0.435. The summed E-state index contributed by atoms with van der Waals surface area (Å²) in [5.41, 5.74) is 0.270. The summed E-state index contributed by atoms with van der Waals surface area (Å²) in [6.07, 6.45) is 7.09. The van der Waals surface area contributed by atoms with Gasteiger partial charge in [-0.15, -0.1) is 11.3 Å². The molecule has 1 aromatic carbocycles. The van der Waals surface area contributed by atoms with Crippen molar-refractivity contribution < 1.29 is 18.7 Å². The molecular weight excluding hydrogens is 419 g/mol. The fourth-order valence-corrected chi connectivity index (χ4v) is 4.75. The molecule has 1 heterocycles.